The van der Waals surface area contributed by atoms with Crippen LogP contribution >= 0.6 is 0 Å². The van der Waals surface area contributed by atoms with E-state index < -0.39 is 0 Å². The van der Waals surface area contributed by atoms with Crippen molar-refractivity contribution in [3.63, 3.8) is 0 Å². The highest BCUT2D eigenvalue weighted by Crippen LogP contribution is 2.25. The van der Waals surface area contributed by atoms with Crippen molar-refractivity contribution in [1.29, 1.82) is 0 Å². The van der Waals surface area contributed by atoms with Crippen LogP contribution in [-0.2, 0) is 4.79 Å². The summed E-state index contributed by atoms with van der Waals surface area (Å²) in [7, 11) is 0. The summed E-state index contributed by atoms with van der Waals surface area (Å²) in [5.74, 6) is 0.960. The fourth-order valence-corrected chi connectivity index (χ4v) is 3.68. The molecule has 150 valence electrons. The number of carbonyl (C=O) groups is 1. The third-order valence-corrected chi connectivity index (χ3v) is 5.36. The fourth-order valence-electron chi connectivity index (χ4n) is 3.68. The third-order valence-electron chi connectivity index (χ3n) is 5.36. The van der Waals surface area contributed by atoms with Gasteiger partial charge < -0.3 is 14.5 Å². The molecule has 1 aromatic carbocycles. The van der Waals surface area contributed by atoms with Crippen LogP contribution in [0.1, 0.15) is 42.1 Å². The highest BCUT2D eigenvalue weighted by molar-refractivity contribution is 6.24. The minimum absolute atomic E-state index is 0.0851. The number of nitrogens with one attached hydrogen (secondary N) is 1. The summed E-state index contributed by atoms with van der Waals surface area (Å²) in [6.07, 6.45) is 7.61. The zero-order valence-electron chi connectivity index (χ0n) is 17.2. The highest BCUT2D eigenvalue weighted by atomic mass is 16.5. The second-order valence-corrected chi connectivity index (χ2v) is 7.68. The van der Waals surface area contributed by atoms with E-state index in [2.05, 4.69) is 10.3 Å². The molecule has 1 atom stereocenters. The van der Waals surface area contributed by atoms with E-state index in [1.165, 1.54) is 0 Å². The second kappa shape index (κ2) is 8.21. The van der Waals surface area contributed by atoms with Crippen LogP contribution in [0.15, 0.2) is 42.7 Å². The number of Topliss-reactive ketones (excluding diaryl/α,β-unsaturated/α-hetero) is 1. The van der Waals surface area contributed by atoms with Gasteiger partial charge in [0.1, 0.15) is 17.5 Å². The average molecular weight is 389 g/mol. The maximum Gasteiger partial charge on any atom is 0.164 e. The molecule has 4 rings (SSSR count). The van der Waals surface area contributed by atoms with Gasteiger partial charge in [-0.25, -0.2) is 4.98 Å². The molecule has 0 unspecified atom stereocenters. The number of aromatic nitrogens is 2. The molecule has 1 aliphatic rings. The van der Waals surface area contributed by atoms with E-state index in [4.69, 9.17) is 4.74 Å². The van der Waals surface area contributed by atoms with E-state index >= 15 is 0 Å². The minimum atomic E-state index is 0.0851. The lowest BCUT2D eigenvalue weighted by Crippen LogP contribution is -2.19. The molecule has 0 bridgehead atoms. The molecule has 29 heavy (non-hydrogen) atoms. The zero-order valence-corrected chi connectivity index (χ0v) is 17.2. The van der Waals surface area contributed by atoms with Crippen LogP contribution in [0, 0.1) is 13.8 Å². The van der Waals surface area contributed by atoms with Crippen molar-refractivity contribution in [2.75, 3.05) is 13.1 Å². The maximum absolute atomic E-state index is 12.7. The Balaban J connectivity index is 1.68. The summed E-state index contributed by atoms with van der Waals surface area (Å²) >= 11 is 0. The van der Waals surface area contributed by atoms with Gasteiger partial charge in [-0.3, -0.25) is 4.79 Å². The first-order valence-corrected chi connectivity index (χ1v) is 10.2. The van der Waals surface area contributed by atoms with Crippen molar-refractivity contribution in [3.05, 3.63) is 65.1 Å². The van der Waals surface area contributed by atoms with Crippen molar-refractivity contribution in [2.24, 2.45) is 0 Å². The van der Waals surface area contributed by atoms with Crippen molar-refractivity contribution < 1.29 is 9.53 Å². The summed E-state index contributed by atoms with van der Waals surface area (Å²) in [5, 5.41) is 3.32. The number of aryl methyl sites for hydroxylation is 2. The summed E-state index contributed by atoms with van der Waals surface area (Å²) in [6.45, 7) is 7.87. The largest absolute Gasteiger partial charge is 0.489 e. The first kappa shape index (κ1) is 19.4. The molecule has 0 radical (unpaired) electrons. The smallest absolute Gasteiger partial charge is 0.164 e. The van der Waals surface area contributed by atoms with Gasteiger partial charge >= 0.3 is 0 Å². The Morgan fingerprint density at radius 3 is 2.86 bits per heavy atom. The number of benzene rings is 1. The van der Waals surface area contributed by atoms with Gasteiger partial charge in [-0.15, -0.1) is 0 Å². The molecule has 1 N–H and O–H groups in total. The van der Waals surface area contributed by atoms with Crippen LogP contribution < -0.4 is 10.1 Å². The lowest BCUT2D eigenvalue weighted by Gasteiger charge is -2.14. The number of hydrogen-bond donors (Lipinski definition) is 1. The number of ketones is 1. The van der Waals surface area contributed by atoms with Gasteiger partial charge in [-0.2, -0.15) is 0 Å². The van der Waals surface area contributed by atoms with E-state index in [1.54, 1.807) is 0 Å². The molecular formula is C24H27N3O2. The Morgan fingerprint density at radius 1 is 1.28 bits per heavy atom. The first-order valence-electron chi connectivity index (χ1n) is 10.2. The summed E-state index contributed by atoms with van der Waals surface area (Å²) in [5.41, 5.74) is 5.43. The quantitative estimate of drug-likeness (QED) is 0.642. The SMILES string of the molecule is CCC(=O)/C(=C\c1ccc(O[C@@H]2CCNC2)cc1C)c1cn2cc(C)ccc2n1. The molecule has 5 heteroatoms. The van der Waals surface area contributed by atoms with Gasteiger partial charge in [0.15, 0.2) is 5.78 Å². The summed E-state index contributed by atoms with van der Waals surface area (Å²) in [4.78, 5) is 17.4. The van der Waals surface area contributed by atoms with Gasteiger partial charge in [0.2, 0.25) is 0 Å². The van der Waals surface area contributed by atoms with Crippen LogP contribution in [0.2, 0.25) is 0 Å². The molecule has 2 aromatic heterocycles. The number of carbonyl (C=O) groups excluding carboxylic acids is 1. The van der Waals surface area contributed by atoms with Gasteiger partial charge in [0.25, 0.3) is 0 Å². The topological polar surface area (TPSA) is 55.6 Å². The number of rotatable bonds is 6. The van der Waals surface area contributed by atoms with Gasteiger partial charge in [-0.05, 0) is 67.8 Å². The summed E-state index contributed by atoms with van der Waals surface area (Å²) < 4.78 is 8.03. The van der Waals surface area contributed by atoms with E-state index in [-0.39, 0.29) is 11.9 Å². The van der Waals surface area contributed by atoms with Crippen molar-refractivity contribution in [2.45, 2.75) is 39.7 Å². The zero-order chi connectivity index (χ0) is 20.4. The molecule has 1 fully saturated rings. The van der Waals surface area contributed by atoms with Crippen LogP contribution in [0.3, 0.4) is 0 Å². The van der Waals surface area contributed by atoms with E-state index in [1.807, 2.05) is 74.0 Å². The lowest BCUT2D eigenvalue weighted by molar-refractivity contribution is -0.113. The monoisotopic (exact) mass is 389 g/mol. The predicted octanol–water partition coefficient (Wildman–Crippen LogP) is 4.21. The Morgan fingerprint density at radius 2 is 2.14 bits per heavy atom. The van der Waals surface area contributed by atoms with Crippen LogP contribution in [0.25, 0.3) is 17.3 Å². The van der Waals surface area contributed by atoms with Crippen LogP contribution in [0.4, 0.5) is 0 Å². The molecule has 0 spiro atoms. The standard InChI is InChI=1S/C24H27N3O2/c1-4-23(28)21(22-15-27-14-16(2)5-8-24(27)26-22)12-18-6-7-19(11-17(18)3)29-20-9-10-25-13-20/h5-8,11-12,14-15,20,25H,4,9-10,13H2,1-3H3/b21-12-/t20-/m1/s1. The minimum Gasteiger partial charge on any atom is -0.489 e. The average Bonchev–Trinajstić information content (AvgIpc) is 3.36. The van der Waals surface area contributed by atoms with E-state index in [0.29, 0.717) is 17.7 Å². The number of hydrogen-bond acceptors (Lipinski definition) is 4. The number of pyridine rings is 1. The first-order chi connectivity index (χ1) is 14.0. The Hall–Kier alpha value is -2.92. The number of fused-ring (bicyclic) bond motifs is 1. The molecular weight excluding hydrogens is 362 g/mol. The van der Waals surface area contributed by atoms with E-state index in [0.717, 1.165) is 47.6 Å². The van der Waals surface area contributed by atoms with Gasteiger partial charge in [0, 0.05) is 30.9 Å². The van der Waals surface area contributed by atoms with E-state index in [9.17, 15) is 4.79 Å². The molecule has 3 aromatic rings. The van der Waals surface area contributed by atoms with Crippen LogP contribution in [-0.4, -0.2) is 34.4 Å². The van der Waals surface area contributed by atoms with Gasteiger partial charge in [-0.1, -0.05) is 19.1 Å². The normalized spacial score (nSPS) is 17.1. The second-order valence-electron chi connectivity index (χ2n) is 7.68. The number of allylic oxidation sites excluding steroid dienone is 1. The van der Waals surface area contributed by atoms with Gasteiger partial charge in [0.05, 0.1) is 5.69 Å². The molecule has 1 aliphatic heterocycles. The van der Waals surface area contributed by atoms with Crippen molar-refractivity contribution in [1.82, 2.24) is 14.7 Å². The molecule has 5 nitrogen and oxygen atoms in total. The fraction of sp³-hybridized carbons (Fsp3) is 0.333. The Labute approximate surface area is 171 Å². The third kappa shape index (κ3) is 4.25. The van der Waals surface area contributed by atoms with Crippen molar-refractivity contribution in [3.8, 4) is 5.75 Å². The molecule has 1 saturated heterocycles. The maximum atomic E-state index is 12.7. The lowest BCUT2D eigenvalue weighted by atomic mass is 10.00. The number of ether oxygens (including phenoxy) is 1. The highest BCUT2D eigenvalue weighted by Gasteiger charge is 2.17. The predicted molar refractivity (Wildman–Crippen MR) is 116 cm³/mol. The molecule has 0 aliphatic carbocycles. The van der Waals surface area contributed by atoms with Crippen LogP contribution in [0.5, 0.6) is 5.75 Å². The molecule has 0 saturated carbocycles. The molecule has 0 amide bonds. The number of nitrogens with zero attached hydrogens (tertiary/aromatic N) is 2. The van der Waals surface area contributed by atoms with Crippen molar-refractivity contribution >= 4 is 23.1 Å². The number of imidazole rings is 1. The molecule has 3 heterocycles. The Bertz CT molecular complexity index is 1070. The Kier molecular flexibility index (Phi) is 5.49. The summed E-state index contributed by atoms with van der Waals surface area (Å²) in [6, 6.07) is 10.1.